The third-order valence-electron chi connectivity index (χ3n) is 4.20. The van der Waals surface area contributed by atoms with Crippen LogP contribution in [0.25, 0.3) is 0 Å². The van der Waals surface area contributed by atoms with Gasteiger partial charge in [-0.15, -0.1) is 0 Å². The summed E-state index contributed by atoms with van der Waals surface area (Å²) in [5.41, 5.74) is 2.41. The highest BCUT2D eigenvalue weighted by Gasteiger charge is 2.33. The number of methoxy groups -OCH3 is 1. The van der Waals surface area contributed by atoms with Crippen LogP contribution in [0, 0.1) is 0 Å². The average Bonchev–Trinajstić information content (AvgIpc) is 2.69. The summed E-state index contributed by atoms with van der Waals surface area (Å²) in [6.45, 7) is 0.411. The molecule has 0 saturated heterocycles. The van der Waals surface area contributed by atoms with Crippen LogP contribution in [0.5, 0.6) is 5.75 Å². The quantitative estimate of drug-likeness (QED) is 0.636. The minimum Gasteiger partial charge on any atom is -0.497 e. The number of hydrogen-bond donors (Lipinski definition) is 0. The molecule has 0 N–H and O–H groups in total. The van der Waals surface area contributed by atoms with E-state index in [9.17, 15) is 4.79 Å². The summed E-state index contributed by atoms with van der Waals surface area (Å²) < 4.78 is 6.15. The maximum absolute atomic E-state index is 13.3. The van der Waals surface area contributed by atoms with Gasteiger partial charge in [-0.1, -0.05) is 15.9 Å². The Labute approximate surface area is 159 Å². The number of carbonyl (C=O) groups excluding carboxylic acids is 1. The van der Waals surface area contributed by atoms with Crippen molar-refractivity contribution in [3.8, 4) is 5.75 Å². The fourth-order valence-electron chi connectivity index (χ4n) is 2.90. The van der Waals surface area contributed by atoms with Crippen LogP contribution in [0.3, 0.4) is 0 Å². The molecule has 1 aromatic heterocycles. The fraction of sp³-hybridized carbons (Fsp3) is 0.105. The smallest absolute Gasteiger partial charge is 0.335 e. The van der Waals surface area contributed by atoms with E-state index < -0.39 is 0 Å². The molecular formula is C19H15BrN4O2. The van der Waals surface area contributed by atoms with Crippen molar-refractivity contribution >= 4 is 39.2 Å². The summed E-state index contributed by atoms with van der Waals surface area (Å²) >= 11 is 3.43. The van der Waals surface area contributed by atoms with Gasteiger partial charge in [-0.05, 0) is 48.5 Å². The van der Waals surface area contributed by atoms with Gasteiger partial charge in [0.2, 0.25) is 0 Å². The van der Waals surface area contributed by atoms with E-state index in [0.717, 1.165) is 27.2 Å². The second-order valence-corrected chi connectivity index (χ2v) is 6.67. The third-order valence-corrected chi connectivity index (χ3v) is 4.72. The van der Waals surface area contributed by atoms with Gasteiger partial charge in [-0.2, -0.15) is 0 Å². The first kappa shape index (κ1) is 16.5. The summed E-state index contributed by atoms with van der Waals surface area (Å²) in [5.74, 6) is 1.35. The first-order valence-corrected chi connectivity index (χ1v) is 8.77. The van der Waals surface area contributed by atoms with Crippen molar-refractivity contribution in [1.82, 2.24) is 9.97 Å². The van der Waals surface area contributed by atoms with Crippen molar-refractivity contribution in [3.63, 3.8) is 0 Å². The Morgan fingerprint density at radius 1 is 1.04 bits per heavy atom. The molecule has 26 heavy (non-hydrogen) atoms. The Kier molecular flexibility index (Phi) is 4.30. The van der Waals surface area contributed by atoms with E-state index in [-0.39, 0.29) is 6.03 Å². The number of nitrogens with zero attached hydrogens (tertiary/aromatic N) is 4. The summed E-state index contributed by atoms with van der Waals surface area (Å²) in [6.07, 6.45) is 3.21. The van der Waals surface area contributed by atoms with Gasteiger partial charge in [0, 0.05) is 21.9 Å². The molecule has 2 aromatic carbocycles. The van der Waals surface area contributed by atoms with E-state index in [1.54, 1.807) is 23.1 Å². The van der Waals surface area contributed by atoms with E-state index in [0.29, 0.717) is 12.4 Å². The molecule has 3 aromatic rings. The summed E-state index contributed by atoms with van der Waals surface area (Å²) in [4.78, 5) is 25.0. The zero-order valence-corrected chi connectivity index (χ0v) is 15.5. The number of benzene rings is 2. The van der Waals surface area contributed by atoms with Gasteiger partial charge in [0.1, 0.15) is 17.9 Å². The Morgan fingerprint density at radius 3 is 2.42 bits per heavy atom. The molecule has 0 atom stereocenters. The second-order valence-electron chi connectivity index (χ2n) is 5.75. The molecule has 2 amide bonds. The van der Waals surface area contributed by atoms with Crippen molar-refractivity contribution in [3.05, 3.63) is 71.1 Å². The number of ether oxygens (including phenoxy) is 1. The average molecular weight is 411 g/mol. The number of urea groups is 1. The monoisotopic (exact) mass is 410 g/mol. The number of rotatable bonds is 3. The molecule has 7 heteroatoms. The predicted octanol–water partition coefficient (Wildman–Crippen LogP) is 4.53. The maximum Gasteiger partial charge on any atom is 0.335 e. The van der Waals surface area contributed by atoms with Gasteiger partial charge in [0.15, 0.2) is 0 Å². The third kappa shape index (κ3) is 2.90. The lowest BCUT2D eigenvalue weighted by Gasteiger charge is -2.35. The van der Waals surface area contributed by atoms with Crippen LogP contribution in [0.15, 0.2) is 65.5 Å². The first-order chi connectivity index (χ1) is 12.7. The molecule has 0 spiro atoms. The largest absolute Gasteiger partial charge is 0.497 e. The number of anilines is 3. The van der Waals surface area contributed by atoms with Gasteiger partial charge in [0.05, 0.1) is 19.3 Å². The predicted molar refractivity (Wildman–Crippen MR) is 103 cm³/mol. The first-order valence-electron chi connectivity index (χ1n) is 7.97. The van der Waals surface area contributed by atoms with E-state index in [1.165, 1.54) is 6.33 Å². The van der Waals surface area contributed by atoms with E-state index in [2.05, 4.69) is 25.9 Å². The molecule has 0 saturated carbocycles. The van der Waals surface area contributed by atoms with Crippen LogP contribution in [0.2, 0.25) is 0 Å². The van der Waals surface area contributed by atoms with E-state index in [1.807, 2.05) is 48.5 Å². The number of amides is 2. The Hall–Kier alpha value is -2.93. The number of fused-ring (bicyclic) bond motifs is 1. The zero-order chi connectivity index (χ0) is 18.1. The SMILES string of the molecule is COc1ccc(N2Cc3cncnc3N(c3ccc(Br)cc3)C2=O)cc1. The zero-order valence-electron chi connectivity index (χ0n) is 14.0. The minimum atomic E-state index is -0.163. The number of hydrogen-bond acceptors (Lipinski definition) is 4. The highest BCUT2D eigenvalue weighted by Crippen LogP contribution is 2.35. The lowest BCUT2D eigenvalue weighted by molar-refractivity contribution is 0.252. The van der Waals surface area contributed by atoms with E-state index >= 15 is 0 Å². The topological polar surface area (TPSA) is 58.6 Å². The lowest BCUT2D eigenvalue weighted by Crippen LogP contribution is -2.45. The molecule has 2 heterocycles. The van der Waals surface area contributed by atoms with Crippen molar-refractivity contribution in [1.29, 1.82) is 0 Å². The second kappa shape index (κ2) is 6.76. The summed E-state index contributed by atoms with van der Waals surface area (Å²) in [7, 11) is 1.61. The van der Waals surface area contributed by atoms with Crippen molar-refractivity contribution < 1.29 is 9.53 Å². The van der Waals surface area contributed by atoms with Crippen LogP contribution in [0.4, 0.5) is 22.0 Å². The van der Waals surface area contributed by atoms with Crippen molar-refractivity contribution in [2.45, 2.75) is 6.54 Å². The molecule has 0 unspecified atom stereocenters. The highest BCUT2D eigenvalue weighted by atomic mass is 79.9. The molecular weight excluding hydrogens is 396 g/mol. The normalized spacial score (nSPS) is 13.5. The molecule has 1 aliphatic rings. The van der Waals surface area contributed by atoms with Gasteiger partial charge in [-0.3, -0.25) is 4.90 Å². The Balaban J connectivity index is 1.79. The maximum atomic E-state index is 13.3. The molecule has 130 valence electrons. The van der Waals surface area contributed by atoms with Crippen LogP contribution in [0.1, 0.15) is 5.56 Å². The standard InChI is InChI=1S/C19H15BrN4O2/c1-26-17-8-6-15(7-9-17)23-11-13-10-21-12-22-18(13)24(19(23)25)16-4-2-14(20)3-5-16/h2-10,12H,11H2,1H3. The van der Waals surface area contributed by atoms with Gasteiger partial charge in [0.25, 0.3) is 0 Å². The van der Waals surface area contributed by atoms with E-state index in [4.69, 9.17) is 4.74 Å². The van der Waals surface area contributed by atoms with Crippen LogP contribution < -0.4 is 14.5 Å². The number of carbonyl (C=O) groups is 1. The Morgan fingerprint density at radius 2 is 1.73 bits per heavy atom. The van der Waals surface area contributed by atoms with Crippen molar-refractivity contribution in [2.75, 3.05) is 16.9 Å². The van der Waals surface area contributed by atoms with Gasteiger partial charge >= 0.3 is 6.03 Å². The molecule has 1 aliphatic heterocycles. The van der Waals surface area contributed by atoms with Crippen LogP contribution in [-0.2, 0) is 6.54 Å². The summed E-state index contributed by atoms with van der Waals surface area (Å²) in [6, 6.07) is 14.8. The summed E-state index contributed by atoms with van der Waals surface area (Å²) in [5, 5.41) is 0. The molecule has 0 bridgehead atoms. The minimum absolute atomic E-state index is 0.163. The molecule has 4 rings (SSSR count). The highest BCUT2D eigenvalue weighted by molar-refractivity contribution is 9.10. The fourth-order valence-corrected chi connectivity index (χ4v) is 3.17. The van der Waals surface area contributed by atoms with Crippen molar-refractivity contribution in [2.24, 2.45) is 0 Å². The molecule has 0 fully saturated rings. The number of aromatic nitrogens is 2. The molecule has 0 radical (unpaired) electrons. The molecule has 0 aliphatic carbocycles. The Bertz CT molecular complexity index is 945. The number of halogens is 1. The lowest BCUT2D eigenvalue weighted by atomic mass is 10.1. The molecule has 6 nitrogen and oxygen atoms in total. The van der Waals surface area contributed by atoms with Gasteiger partial charge < -0.3 is 4.74 Å². The van der Waals surface area contributed by atoms with Gasteiger partial charge in [-0.25, -0.2) is 19.7 Å². The van der Waals surface area contributed by atoms with Crippen LogP contribution >= 0.6 is 15.9 Å². The van der Waals surface area contributed by atoms with Crippen LogP contribution in [-0.4, -0.2) is 23.1 Å².